The van der Waals surface area contributed by atoms with E-state index in [4.69, 9.17) is 12.2 Å². The molecule has 0 aliphatic carbocycles. The van der Waals surface area contributed by atoms with Gasteiger partial charge in [-0.3, -0.25) is 0 Å². The first-order chi connectivity index (χ1) is 8.78. The van der Waals surface area contributed by atoms with Crippen molar-refractivity contribution in [3.63, 3.8) is 0 Å². The standard InChI is InChI=1S/C10H7BrF4N2S2/c11-5-3-8-7(4-6(5)12)16-9(18)17(8)1-2-19-10(13,14)15/h3-4H,1-2H2,(H,16,18). The van der Waals surface area contributed by atoms with Gasteiger partial charge < -0.3 is 9.55 Å². The Labute approximate surface area is 123 Å². The molecule has 2 aromatic rings. The van der Waals surface area contributed by atoms with Crippen molar-refractivity contribution >= 4 is 50.9 Å². The summed E-state index contributed by atoms with van der Waals surface area (Å²) < 4.78 is 51.6. The number of H-pyrrole nitrogens is 1. The zero-order valence-electron chi connectivity index (χ0n) is 9.22. The minimum absolute atomic E-state index is 0.0983. The summed E-state index contributed by atoms with van der Waals surface area (Å²) in [4.78, 5) is 2.77. The molecule has 1 aromatic heterocycles. The maximum absolute atomic E-state index is 13.3. The SMILES string of the molecule is Fc1cc2[nH]c(=S)n(CCSC(F)(F)F)c2cc1Br. The molecule has 2 nitrogen and oxygen atoms in total. The van der Waals surface area contributed by atoms with Gasteiger partial charge in [-0.05, 0) is 46.0 Å². The number of aromatic amines is 1. The van der Waals surface area contributed by atoms with Gasteiger partial charge in [0, 0.05) is 18.4 Å². The van der Waals surface area contributed by atoms with Crippen molar-refractivity contribution in [2.24, 2.45) is 0 Å². The lowest BCUT2D eigenvalue weighted by atomic mass is 10.3. The topological polar surface area (TPSA) is 20.7 Å². The smallest absolute Gasteiger partial charge is 0.330 e. The molecule has 19 heavy (non-hydrogen) atoms. The molecule has 0 fully saturated rings. The number of hydrogen-bond acceptors (Lipinski definition) is 2. The Morgan fingerprint density at radius 3 is 2.68 bits per heavy atom. The van der Waals surface area contributed by atoms with E-state index in [0.717, 1.165) is 0 Å². The van der Waals surface area contributed by atoms with Gasteiger partial charge in [-0.25, -0.2) is 4.39 Å². The summed E-state index contributed by atoms with van der Waals surface area (Å²) in [6, 6.07) is 2.75. The van der Waals surface area contributed by atoms with Crippen LogP contribution in [-0.4, -0.2) is 20.8 Å². The van der Waals surface area contributed by atoms with Gasteiger partial charge in [0.25, 0.3) is 0 Å². The first-order valence-electron chi connectivity index (χ1n) is 5.06. The number of aromatic nitrogens is 2. The number of alkyl halides is 3. The van der Waals surface area contributed by atoms with Crippen molar-refractivity contribution in [1.82, 2.24) is 9.55 Å². The van der Waals surface area contributed by atoms with Gasteiger partial charge in [0.05, 0.1) is 15.5 Å². The van der Waals surface area contributed by atoms with Crippen molar-refractivity contribution in [2.75, 3.05) is 5.75 Å². The van der Waals surface area contributed by atoms with Gasteiger partial charge in [0.1, 0.15) is 5.82 Å². The Balaban J connectivity index is 2.30. The van der Waals surface area contributed by atoms with Gasteiger partial charge >= 0.3 is 5.51 Å². The van der Waals surface area contributed by atoms with Crippen LogP contribution in [0.5, 0.6) is 0 Å². The second-order valence-electron chi connectivity index (χ2n) is 3.66. The van der Waals surface area contributed by atoms with Crippen molar-refractivity contribution in [3.8, 4) is 0 Å². The molecular weight excluding hydrogens is 368 g/mol. The fraction of sp³-hybridized carbons (Fsp3) is 0.300. The number of nitrogens with zero attached hydrogens (tertiary/aromatic N) is 1. The fourth-order valence-corrected chi connectivity index (χ4v) is 2.76. The average molecular weight is 375 g/mol. The molecular formula is C10H7BrF4N2S2. The molecule has 9 heteroatoms. The molecule has 0 spiro atoms. The third-order valence-corrected chi connectivity index (χ3v) is 4.04. The molecule has 0 radical (unpaired) electrons. The summed E-state index contributed by atoms with van der Waals surface area (Å²) in [6.45, 7) is 0.0983. The molecule has 0 aliphatic heterocycles. The molecule has 0 bridgehead atoms. The average Bonchev–Trinajstić information content (AvgIpc) is 2.55. The minimum Gasteiger partial charge on any atom is -0.330 e. The van der Waals surface area contributed by atoms with Crippen LogP contribution in [0.4, 0.5) is 17.6 Å². The molecule has 0 unspecified atom stereocenters. The van der Waals surface area contributed by atoms with Gasteiger partial charge in [0.2, 0.25) is 0 Å². The molecule has 1 aromatic carbocycles. The summed E-state index contributed by atoms with van der Waals surface area (Å²) in [5.41, 5.74) is -3.23. The summed E-state index contributed by atoms with van der Waals surface area (Å²) in [5, 5.41) is 0. The van der Waals surface area contributed by atoms with Crippen LogP contribution < -0.4 is 0 Å². The quantitative estimate of drug-likeness (QED) is 0.611. The van der Waals surface area contributed by atoms with Crippen LogP contribution in [-0.2, 0) is 6.54 Å². The van der Waals surface area contributed by atoms with E-state index >= 15 is 0 Å². The van der Waals surface area contributed by atoms with Crippen molar-refractivity contribution in [1.29, 1.82) is 0 Å². The molecule has 2 rings (SSSR count). The normalized spacial score (nSPS) is 12.3. The number of benzene rings is 1. The zero-order valence-corrected chi connectivity index (χ0v) is 12.4. The monoisotopic (exact) mass is 374 g/mol. The Bertz CT molecular complexity index is 662. The summed E-state index contributed by atoms with van der Waals surface area (Å²) in [6.07, 6.45) is 0. The predicted molar refractivity (Wildman–Crippen MR) is 73.3 cm³/mol. The second-order valence-corrected chi connectivity index (χ2v) is 6.06. The van der Waals surface area contributed by atoms with Crippen LogP contribution in [0.3, 0.4) is 0 Å². The number of halogens is 5. The highest BCUT2D eigenvalue weighted by Crippen LogP contribution is 2.30. The number of imidazole rings is 1. The fourth-order valence-electron chi connectivity index (χ4n) is 1.63. The minimum atomic E-state index is -4.26. The van der Waals surface area contributed by atoms with E-state index < -0.39 is 11.3 Å². The Morgan fingerprint density at radius 1 is 1.37 bits per heavy atom. The lowest BCUT2D eigenvalue weighted by Gasteiger charge is -2.07. The van der Waals surface area contributed by atoms with Gasteiger partial charge in [-0.1, -0.05) is 0 Å². The molecule has 104 valence electrons. The Hall–Kier alpha value is -0.540. The summed E-state index contributed by atoms with van der Waals surface area (Å²) >= 11 is 7.95. The largest absolute Gasteiger partial charge is 0.441 e. The third kappa shape index (κ3) is 3.51. The molecule has 0 amide bonds. The van der Waals surface area contributed by atoms with Gasteiger partial charge in [-0.2, -0.15) is 13.2 Å². The van der Waals surface area contributed by atoms with Crippen LogP contribution >= 0.6 is 39.9 Å². The maximum Gasteiger partial charge on any atom is 0.441 e. The Kier molecular flexibility index (Phi) is 4.26. The van der Waals surface area contributed by atoms with Crippen LogP contribution in [0.15, 0.2) is 16.6 Å². The molecule has 0 saturated carbocycles. The highest BCUT2D eigenvalue weighted by molar-refractivity contribution is 9.10. The lowest BCUT2D eigenvalue weighted by molar-refractivity contribution is -0.0328. The lowest BCUT2D eigenvalue weighted by Crippen LogP contribution is -2.07. The highest BCUT2D eigenvalue weighted by atomic mass is 79.9. The molecule has 0 saturated heterocycles. The number of nitrogens with one attached hydrogen (secondary N) is 1. The van der Waals surface area contributed by atoms with E-state index in [1.807, 2.05) is 0 Å². The number of rotatable bonds is 3. The van der Waals surface area contributed by atoms with Crippen molar-refractivity contribution < 1.29 is 17.6 Å². The number of hydrogen-bond donors (Lipinski definition) is 1. The van der Waals surface area contributed by atoms with Gasteiger partial charge in [-0.15, -0.1) is 0 Å². The first-order valence-corrected chi connectivity index (χ1v) is 7.25. The molecule has 1 heterocycles. The van der Waals surface area contributed by atoms with Crippen LogP contribution in [0.2, 0.25) is 0 Å². The summed E-state index contributed by atoms with van der Waals surface area (Å²) in [7, 11) is 0. The van der Waals surface area contributed by atoms with E-state index in [-0.39, 0.29) is 33.3 Å². The van der Waals surface area contributed by atoms with Crippen LogP contribution in [0.25, 0.3) is 11.0 Å². The van der Waals surface area contributed by atoms with Crippen LogP contribution in [0, 0.1) is 10.6 Å². The molecule has 0 aliphatic rings. The molecule has 0 atom stereocenters. The number of aryl methyl sites for hydroxylation is 1. The van der Waals surface area contributed by atoms with Crippen molar-refractivity contribution in [2.45, 2.75) is 12.1 Å². The van der Waals surface area contributed by atoms with E-state index in [0.29, 0.717) is 11.0 Å². The number of thioether (sulfide) groups is 1. The number of fused-ring (bicyclic) bond motifs is 1. The third-order valence-electron chi connectivity index (χ3n) is 2.40. The van der Waals surface area contributed by atoms with E-state index in [9.17, 15) is 17.6 Å². The van der Waals surface area contributed by atoms with Crippen molar-refractivity contribution in [3.05, 3.63) is 27.2 Å². The maximum atomic E-state index is 13.3. The predicted octanol–water partition coefficient (Wildman–Crippen LogP) is 4.85. The second kappa shape index (κ2) is 5.45. The summed E-state index contributed by atoms with van der Waals surface area (Å²) in [5.74, 6) is -0.611. The van der Waals surface area contributed by atoms with Gasteiger partial charge in [0.15, 0.2) is 4.77 Å². The first kappa shape index (κ1) is 14.9. The van der Waals surface area contributed by atoms with E-state index in [2.05, 4.69) is 20.9 Å². The molecule has 1 N–H and O–H groups in total. The zero-order chi connectivity index (χ0) is 14.2. The highest BCUT2D eigenvalue weighted by Gasteiger charge is 2.27. The van der Waals surface area contributed by atoms with E-state index in [1.54, 1.807) is 0 Å². The van der Waals surface area contributed by atoms with Crippen LogP contribution in [0.1, 0.15) is 0 Å². The van der Waals surface area contributed by atoms with E-state index in [1.165, 1.54) is 16.7 Å². The Morgan fingerprint density at radius 2 is 2.05 bits per heavy atom.